The molecule has 2 aliphatic rings. The van der Waals surface area contributed by atoms with Crippen LogP contribution in [0, 0.1) is 0 Å². The fraction of sp³-hybridized carbons (Fsp3) is 1.00. The number of hydrogen-bond donors (Lipinski definition) is 8. The molecule has 10 atom stereocenters. The van der Waals surface area contributed by atoms with Crippen molar-refractivity contribution in [3.63, 3.8) is 0 Å². The molecule has 2 rings (SSSR count). The second kappa shape index (κ2) is 7.63. The van der Waals surface area contributed by atoms with Crippen LogP contribution in [-0.4, -0.2) is 115 Å². The predicted molar refractivity (Wildman–Crippen MR) is 68.6 cm³/mol. The summed E-state index contributed by atoms with van der Waals surface area (Å²) in [6.45, 7) is -1.33. The Labute approximate surface area is 130 Å². The summed E-state index contributed by atoms with van der Waals surface area (Å²) in [7, 11) is 0. The van der Waals surface area contributed by atoms with Gasteiger partial charge in [-0.2, -0.15) is 0 Å². The first-order valence-corrected chi connectivity index (χ1v) is 7.08. The molecule has 0 amide bonds. The van der Waals surface area contributed by atoms with E-state index in [4.69, 9.17) is 24.4 Å². The molecule has 1 unspecified atom stereocenters. The van der Waals surface area contributed by atoms with Crippen LogP contribution in [0.15, 0.2) is 0 Å². The van der Waals surface area contributed by atoms with Gasteiger partial charge in [0, 0.05) is 0 Å². The molecule has 11 nitrogen and oxygen atoms in total. The van der Waals surface area contributed by atoms with Gasteiger partial charge >= 0.3 is 0 Å². The molecule has 0 aromatic rings. The molecule has 2 fully saturated rings. The number of rotatable bonds is 4. The first-order valence-electron chi connectivity index (χ1n) is 7.08. The van der Waals surface area contributed by atoms with E-state index in [1.54, 1.807) is 0 Å². The second-order valence-electron chi connectivity index (χ2n) is 5.53. The van der Waals surface area contributed by atoms with Crippen molar-refractivity contribution in [2.45, 2.75) is 61.4 Å². The highest BCUT2D eigenvalue weighted by molar-refractivity contribution is 4.93. The van der Waals surface area contributed by atoms with E-state index in [2.05, 4.69) is 0 Å². The Bertz CT molecular complexity index is 380. The third kappa shape index (κ3) is 3.65. The largest absolute Gasteiger partial charge is 0.394 e. The lowest BCUT2D eigenvalue weighted by Crippen LogP contribution is -2.64. The van der Waals surface area contributed by atoms with Crippen molar-refractivity contribution >= 4 is 0 Å². The summed E-state index contributed by atoms with van der Waals surface area (Å²) in [5, 5.41) is 76.7. The van der Waals surface area contributed by atoms with Gasteiger partial charge in [0.2, 0.25) is 0 Å². The van der Waals surface area contributed by atoms with E-state index >= 15 is 0 Å². The molecule has 136 valence electrons. The first kappa shape index (κ1) is 18.9. The van der Waals surface area contributed by atoms with Crippen molar-refractivity contribution in [3.05, 3.63) is 0 Å². The van der Waals surface area contributed by atoms with Gasteiger partial charge in [-0.15, -0.1) is 0 Å². The van der Waals surface area contributed by atoms with Gasteiger partial charge in [-0.05, 0) is 0 Å². The fourth-order valence-electron chi connectivity index (χ4n) is 2.55. The predicted octanol–water partition coefficient (Wildman–Crippen LogP) is -5.40. The van der Waals surface area contributed by atoms with Crippen LogP contribution >= 0.6 is 0 Å². The molecule has 0 bridgehead atoms. The molecule has 11 heteroatoms. The van der Waals surface area contributed by atoms with E-state index in [9.17, 15) is 30.6 Å². The Hall–Kier alpha value is -0.440. The van der Waals surface area contributed by atoms with Crippen LogP contribution in [0.3, 0.4) is 0 Å². The van der Waals surface area contributed by atoms with Gasteiger partial charge in [0.05, 0.1) is 13.2 Å². The molecule has 0 aliphatic carbocycles. The standard InChI is InChI=1S/C12H22O11/c13-1-3-6(16)8(18)10(11(20)21-3)23-12-9(19)7(17)5(15)4(2-14)22-12/h3-20H,1-2H2/t3-,4-,5-,6-,7+,8+,9-,10-,11+,12?/m1/s1. The maximum atomic E-state index is 9.94. The van der Waals surface area contributed by atoms with Crippen LogP contribution in [0.25, 0.3) is 0 Å². The van der Waals surface area contributed by atoms with Crippen molar-refractivity contribution in [1.82, 2.24) is 0 Å². The lowest BCUT2D eigenvalue weighted by Gasteiger charge is -2.44. The van der Waals surface area contributed by atoms with Gasteiger partial charge in [-0.1, -0.05) is 0 Å². The average Bonchev–Trinajstić information content (AvgIpc) is 2.54. The Kier molecular flexibility index (Phi) is 6.27. The molecule has 2 heterocycles. The smallest absolute Gasteiger partial charge is 0.187 e. The highest BCUT2D eigenvalue weighted by Crippen LogP contribution is 2.28. The SMILES string of the molecule is OC[C@H]1O[C@H](O)[C@H](OC2O[C@H](CO)[C@@H](O)[C@H](O)[C@H]2O)[C@@H](O)[C@@H]1O. The lowest BCUT2D eigenvalue weighted by atomic mass is 9.97. The molecular formula is C12H22O11. The topological polar surface area (TPSA) is 190 Å². The van der Waals surface area contributed by atoms with E-state index in [0.717, 1.165) is 0 Å². The van der Waals surface area contributed by atoms with Crippen LogP contribution in [0.4, 0.5) is 0 Å². The molecule has 23 heavy (non-hydrogen) atoms. The Morgan fingerprint density at radius 3 is 1.74 bits per heavy atom. The third-order valence-corrected chi connectivity index (χ3v) is 3.98. The monoisotopic (exact) mass is 342 g/mol. The van der Waals surface area contributed by atoms with Gasteiger partial charge in [-0.3, -0.25) is 0 Å². The van der Waals surface area contributed by atoms with Gasteiger partial charge in [-0.25, -0.2) is 0 Å². The fourth-order valence-corrected chi connectivity index (χ4v) is 2.55. The summed E-state index contributed by atoms with van der Waals surface area (Å²) in [5.74, 6) is 0. The Morgan fingerprint density at radius 1 is 0.652 bits per heavy atom. The summed E-state index contributed by atoms with van der Waals surface area (Å²) in [6, 6.07) is 0. The molecular weight excluding hydrogens is 320 g/mol. The number of ether oxygens (including phenoxy) is 3. The highest BCUT2D eigenvalue weighted by atomic mass is 16.7. The Balaban J connectivity index is 2.08. The number of hydrogen-bond acceptors (Lipinski definition) is 11. The number of aliphatic hydroxyl groups excluding tert-OH is 8. The van der Waals surface area contributed by atoms with Crippen LogP contribution in [0.2, 0.25) is 0 Å². The zero-order valence-electron chi connectivity index (χ0n) is 12.0. The Morgan fingerprint density at radius 2 is 1.17 bits per heavy atom. The summed E-state index contributed by atoms with van der Waals surface area (Å²) in [6.07, 6.45) is -15.6. The maximum Gasteiger partial charge on any atom is 0.187 e. The van der Waals surface area contributed by atoms with Crippen molar-refractivity contribution in [3.8, 4) is 0 Å². The van der Waals surface area contributed by atoms with Crippen LogP contribution in [0.1, 0.15) is 0 Å². The van der Waals surface area contributed by atoms with E-state index in [-0.39, 0.29) is 0 Å². The van der Waals surface area contributed by atoms with Crippen LogP contribution in [0.5, 0.6) is 0 Å². The molecule has 0 aromatic heterocycles. The van der Waals surface area contributed by atoms with Crippen molar-refractivity contribution in [1.29, 1.82) is 0 Å². The zero-order valence-corrected chi connectivity index (χ0v) is 12.0. The van der Waals surface area contributed by atoms with Crippen molar-refractivity contribution < 1.29 is 55.1 Å². The minimum absolute atomic E-state index is 0.651. The average molecular weight is 342 g/mol. The van der Waals surface area contributed by atoms with Gasteiger partial charge in [0.1, 0.15) is 48.8 Å². The first-order chi connectivity index (χ1) is 10.8. The van der Waals surface area contributed by atoms with E-state index < -0.39 is 74.6 Å². The van der Waals surface area contributed by atoms with Crippen molar-refractivity contribution in [2.75, 3.05) is 13.2 Å². The van der Waals surface area contributed by atoms with Crippen molar-refractivity contribution in [2.24, 2.45) is 0 Å². The second-order valence-corrected chi connectivity index (χ2v) is 5.53. The quantitative estimate of drug-likeness (QED) is 0.243. The lowest BCUT2D eigenvalue weighted by molar-refractivity contribution is -0.361. The molecule has 0 saturated carbocycles. The summed E-state index contributed by atoms with van der Waals surface area (Å²) >= 11 is 0. The van der Waals surface area contributed by atoms with Gasteiger partial charge in [0.25, 0.3) is 0 Å². The van der Waals surface area contributed by atoms with Gasteiger partial charge < -0.3 is 55.1 Å². The molecule has 8 N–H and O–H groups in total. The zero-order chi connectivity index (χ0) is 17.3. The molecule has 0 spiro atoms. The third-order valence-electron chi connectivity index (χ3n) is 3.98. The molecule has 0 aromatic carbocycles. The summed E-state index contributed by atoms with van der Waals surface area (Å²) in [5.41, 5.74) is 0. The summed E-state index contributed by atoms with van der Waals surface area (Å²) < 4.78 is 15.1. The molecule has 2 saturated heterocycles. The highest BCUT2D eigenvalue weighted by Gasteiger charge is 2.50. The summed E-state index contributed by atoms with van der Waals surface area (Å²) in [4.78, 5) is 0. The number of aliphatic hydroxyl groups is 8. The van der Waals surface area contributed by atoms with E-state index in [1.807, 2.05) is 0 Å². The van der Waals surface area contributed by atoms with Crippen LogP contribution in [-0.2, 0) is 14.2 Å². The van der Waals surface area contributed by atoms with E-state index in [1.165, 1.54) is 0 Å². The maximum absolute atomic E-state index is 9.94. The van der Waals surface area contributed by atoms with Gasteiger partial charge in [0.15, 0.2) is 12.6 Å². The minimum atomic E-state index is -1.75. The molecule has 2 aliphatic heterocycles. The van der Waals surface area contributed by atoms with Crippen LogP contribution < -0.4 is 0 Å². The normalized spacial score (nSPS) is 51.7. The van der Waals surface area contributed by atoms with E-state index in [0.29, 0.717) is 0 Å². The minimum Gasteiger partial charge on any atom is -0.394 e. The molecule has 0 radical (unpaired) electrons.